The lowest BCUT2D eigenvalue weighted by Gasteiger charge is -2.01. The second-order valence-electron chi connectivity index (χ2n) is 32.8. The normalized spacial score (nSPS) is 10.8. The van der Waals surface area contributed by atoms with Gasteiger partial charge in [-0.25, -0.2) is 0 Å². The summed E-state index contributed by atoms with van der Waals surface area (Å²) in [7, 11) is 13.2. The second kappa shape index (κ2) is 130. The SMILES string of the molecule is CCCCCC/C=C/C(=O)NC.CCCCCCC/C=C/C(=O)NC.CCCCCCCC/C=C/C(=O)NC.CCCCCCCCC/C=C/C(=O)NC.CCCCCCCCCC/C=C/C(=O)NC.CCCCCCCCCCC/C=C/C(=O)NC.CCCCCCCCCCCC/C=C/C(=O)NC.CCCCCCCCCCCCC/C=C/C(=O)NC. The smallest absolute Gasteiger partial charge is 0.243 e. The van der Waals surface area contributed by atoms with Crippen molar-refractivity contribution in [3.63, 3.8) is 0 Å². The maximum Gasteiger partial charge on any atom is 0.243 e. The first-order chi connectivity index (χ1) is 60.5. The fraction of sp³-hybridized carbons (Fsp3) is 0.778. The van der Waals surface area contributed by atoms with E-state index in [1.54, 1.807) is 105 Å². The van der Waals surface area contributed by atoms with Crippen molar-refractivity contribution in [2.75, 3.05) is 56.4 Å². The summed E-state index contributed by atoms with van der Waals surface area (Å²) < 4.78 is 0. The van der Waals surface area contributed by atoms with Gasteiger partial charge in [0.25, 0.3) is 0 Å². The summed E-state index contributed by atoms with van der Waals surface area (Å²) in [5.74, 6) is -0.0152. The van der Waals surface area contributed by atoms with Crippen molar-refractivity contribution in [3.05, 3.63) is 97.2 Å². The monoisotopic (exact) mass is 1750 g/mol. The Morgan fingerprint density at radius 1 is 0.129 bits per heavy atom. The summed E-state index contributed by atoms with van der Waals surface area (Å²) in [5.41, 5.74) is 0. The molecule has 16 heteroatoms. The number of rotatable bonds is 76. The van der Waals surface area contributed by atoms with Gasteiger partial charge in [-0.3, -0.25) is 38.4 Å². The highest BCUT2D eigenvalue weighted by Gasteiger charge is 2.00. The van der Waals surface area contributed by atoms with Gasteiger partial charge >= 0.3 is 0 Å². The molecule has 0 atom stereocenters. The van der Waals surface area contributed by atoms with Gasteiger partial charge in [0.2, 0.25) is 47.3 Å². The summed E-state index contributed by atoms with van der Waals surface area (Å²) in [5, 5.41) is 20.5. The van der Waals surface area contributed by atoms with Gasteiger partial charge in [-0.2, -0.15) is 0 Å². The minimum atomic E-state index is -0.00880. The summed E-state index contributed by atoms with van der Waals surface area (Å²) in [6, 6.07) is 0. The van der Waals surface area contributed by atoms with Crippen molar-refractivity contribution in [2.24, 2.45) is 0 Å². The molecule has 0 bridgehead atoms. The van der Waals surface area contributed by atoms with Crippen LogP contribution in [0.5, 0.6) is 0 Å². The standard InChI is InChI=1S/C17H33NO.C16H31NO.C15H29NO.C14H27NO.C13H25NO.C12H23NO.C11H21NO.C10H19NO/c1-3-4-5-6-7-8-9-10-11-12-13-14-15-16-17(19)18-2;1-3-4-5-6-7-8-9-10-11-12-13-14-15-16(18)17-2;1-3-4-5-6-7-8-9-10-11-12-13-14-15(17)16-2;1-3-4-5-6-7-8-9-10-11-12-13-14(16)15-2;1-3-4-5-6-7-8-9-10-11-12-13(15)14-2;1-3-4-5-6-7-8-9-10-11-12(14)13-2;1-3-4-5-6-7-8-9-10-11(13)12-2;1-3-4-5-6-7-8-9-10(12)11-2/h15-16H,3-14H2,1-2H3,(H,18,19);14-15H,3-13H2,1-2H3,(H,17,18);13-14H,3-12H2,1-2H3,(H,16,17);12-13H,3-11H2,1-2H3,(H,15,16);11-12H,3-10H2,1-2H3,(H,14,15);10-11H,3-9H2,1-2H3,(H,13,14);9-10H,3-8H2,1-2H3,(H,12,13);8-9H,3-7H2,1-2H3,(H,11,12)/b16-15+;15-14+;14-13+;13-12+;12-11+;11-10+;10-9+;9-8+. The van der Waals surface area contributed by atoms with Gasteiger partial charge in [0.05, 0.1) is 0 Å². The first-order valence-electron chi connectivity index (χ1n) is 51.5. The average Bonchev–Trinajstić information content (AvgIpc) is 1.13. The van der Waals surface area contributed by atoms with Crippen molar-refractivity contribution < 1.29 is 38.4 Å². The van der Waals surface area contributed by atoms with Crippen LogP contribution in [0.15, 0.2) is 97.2 Å². The van der Waals surface area contributed by atoms with E-state index in [0.717, 1.165) is 51.4 Å². The molecule has 0 aliphatic heterocycles. The van der Waals surface area contributed by atoms with Crippen LogP contribution in [0, 0.1) is 0 Å². The molecule has 0 rings (SSSR count). The number of likely N-dealkylation sites (N-methyl/N-ethyl adjacent to an activating group) is 8. The molecule has 0 aromatic heterocycles. The molecule has 728 valence electrons. The number of carbonyl (C=O) groups excluding carboxylic acids is 8. The van der Waals surface area contributed by atoms with Crippen LogP contribution in [0.2, 0.25) is 0 Å². The molecule has 0 heterocycles. The molecule has 0 aromatic rings. The van der Waals surface area contributed by atoms with Crippen LogP contribution in [0.3, 0.4) is 0 Å². The Labute approximate surface area is 769 Å². The Hall–Kier alpha value is -6.32. The quantitative estimate of drug-likeness (QED) is 0.0215. The summed E-state index contributed by atoms with van der Waals surface area (Å²) >= 11 is 0. The number of nitrogens with one attached hydrogen (secondary N) is 8. The molecular weight excluding hydrogens is 1540 g/mol. The minimum Gasteiger partial charge on any atom is -0.356 e. The second-order valence-corrected chi connectivity index (χ2v) is 32.8. The minimum absolute atomic E-state index is 0.000402. The molecule has 0 radical (unpaired) electrons. The highest BCUT2D eigenvalue weighted by Crippen LogP contribution is 2.17. The van der Waals surface area contributed by atoms with Crippen LogP contribution in [0.4, 0.5) is 0 Å². The Bertz CT molecular complexity index is 2430. The van der Waals surface area contributed by atoms with Crippen LogP contribution in [-0.4, -0.2) is 104 Å². The molecule has 0 spiro atoms. The molecule has 124 heavy (non-hydrogen) atoms. The average molecular weight is 1750 g/mol. The zero-order chi connectivity index (χ0) is 93.7. The van der Waals surface area contributed by atoms with Crippen molar-refractivity contribution in [2.45, 2.75) is 492 Å². The molecule has 0 aliphatic carbocycles. The maximum absolute atomic E-state index is 10.9. The van der Waals surface area contributed by atoms with E-state index in [1.165, 1.54) is 385 Å². The Balaban J connectivity index is -0.000000207. The van der Waals surface area contributed by atoms with E-state index in [4.69, 9.17) is 0 Å². The van der Waals surface area contributed by atoms with Crippen molar-refractivity contribution in [1.29, 1.82) is 0 Å². The van der Waals surface area contributed by atoms with E-state index in [9.17, 15) is 38.4 Å². The van der Waals surface area contributed by atoms with Gasteiger partial charge in [-0.1, -0.05) is 438 Å². The van der Waals surface area contributed by atoms with E-state index in [0.29, 0.717) is 0 Å². The molecule has 0 aliphatic rings. The topological polar surface area (TPSA) is 233 Å². The van der Waals surface area contributed by atoms with Gasteiger partial charge in [0, 0.05) is 56.4 Å². The number of amides is 8. The number of carbonyl (C=O) groups is 8. The summed E-state index contributed by atoms with van der Waals surface area (Å²) in [4.78, 5) is 86.6. The van der Waals surface area contributed by atoms with E-state index in [-0.39, 0.29) is 47.3 Å². The lowest BCUT2D eigenvalue weighted by molar-refractivity contribution is -0.116. The molecule has 0 saturated carbocycles. The van der Waals surface area contributed by atoms with Gasteiger partial charge in [0.15, 0.2) is 0 Å². The number of allylic oxidation sites excluding steroid dienone is 8. The van der Waals surface area contributed by atoms with E-state index in [1.807, 2.05) is 48.6 Å². The lowest BCUT2D eigenvalue weighted by Crippen LogP contribution is -2.13. The Kier molecular flexibility index (Phi) is 139. The van der Waals surface area contributed by atoms with Gasteiger partial charge < -0.3 is 42.5 Å². The maximum atomic E-state index is 10.9. The predicted octanol–water partition coefficient (Wildman–Crippen LogP) is 29.0. The first-order valence-corrected chi connectivity index (χ1v) is 51.5. The number of hydrogen-bond donors (Lipinski definition) is 8. The Morgan fingerprint density at radius 2 is 0.202 bits per heavy atom. The van der Waals surface area contributed by atoms with Crippen LogP contribution in [0.1, 0.15) is 492 Å². The third-order valence-electron chi connectivity index (χ3n) is 20.9. The largest absolute Gasteiger partial charge is 0.356 e. The van der Waals surface area contributed by atoms with Crippen molar-refractivity contribution in [3.8, 4) is 0 Å². The fourth-order valence-corrected chi connectivity index (χ4v) is 12.7. The molecule has 0 unspecified atom stereocenters. The van der Waals surface area contributed by atoms with E-state index < -0.39 is 0 Å². The predicted molar refractivity (Wildman–Crippen MR) is 545 cm³/mol. The van der Waals surface area contributed by atoms with Gasteiger partial charge in [-0.05, 0) is 151 Å². The summed E-state index contributed by atoms with van der Waals surface area (Å²) in [6.45, 7) is 17.9. The molecule has 8 N–H and O–H groups in total. The van der Waals surface area contributed by atoms with Gasteiger partial charge in [0.1, 0.15) is 0 Å². The zero-order valence-electron chi connectivity index (χ0n) is 84.6. The van der Waals surface area contributed by atoms with Crippen molar-refractivity contribution in [1.82, 2.24) is 42.5 Å². The first kappa shape index (κ1) is 133. The van der Waals surface area contributed by atoms with Crippen LogP contribution in [-0.2, 0) is 38.4 Å². The Morgan fingerprint density at radius 3 is 0.282 bits per heavy atom. The molecule has 0 fully saturated rings. The zero-order valence-corrected chi connectivity index (χ0v) is 84.6. The van der Waals surface area contributed by atoms with E-state index in [2.05, 4.69) is 97.9 Å². The molecule has 0 aromatic carbocycles. The summed E-state index contributed by atoms with van der Waals surface area (Å²) in [6.07, 6.45) is 117. The molecule has 8 amide bonds. The van der Waals surface area contributed by atoms with Crippen LogP contribution < -0.4 is 42.5 Å². The fourth-order valence-electron chi connectivity index (χ4n) is 12.7. The highest BCUT2D eigenvalue weighted by atomic mass is 16.2. The third-order valence-corrected chi connectivity index (χ3v) is 20.9. The molecule has 16 nitrogen and oxygen atoms in total. The highest BCUT2D eigenvalue weighted by molar-refractivity contribution is 5.89. The van der Waals surface area contributed by atoms with Crippen molar-refractivity contribution >= 4 is 47.3 Å². The lowest BCUT2D eigenvalue weighted by atomic mass is 10.1. The number of hydrogen-bond acceptors (Lipinski definition) is 8. The molecule has 0 saturated heterocycles. The molecular formula is C108H208N8O8. The van der Waals surface area contributed by atoms with Crippen LogP contribution >= 0.6 is 0 Å². The third kappa shape index (κ3) is 147. The van der Waals surface area contributed by atoms with Gasteiger partial charge in [-0.15, -0.1) is 0 Å². The number of unbranched alkanes of at least 4 members (excludes halogenated alkanes) is 60. The van der Waals surface area contributed by atoms with Crippen LogP contribution in [0.25, 0.3) is 0 Å². The van der Waals surface area contributed by atoms with E-state index >= 15 is 0 Å².